The Kier molecular flexibility index (Phi) is 9.75. The van der Waals surface area contributed by atoms with Gasteiger partial charge in [-0.15, -0.1) is 12.4 Å². The number of carbonyl (C=O) groups is 1. The lowest BCUT2D eigenvalue weighted by Crippen LogP contribution is -2.38. The lowest BCUT2D eigenvalue weighted by Gasteiger charge is -2.24. The van der Waals surface area contributed by atoms with E-state index < -0.39 is 0 Å². The second-order valence-corrected chi connectivity index (χ2v) is 8.49. The van der Waals surface area contributed by atoms with Gasteiger partial charge in [-0.25, -0.2) is 4.98 Å². The van der Waals surface area contributed by atoms with E-state index >= 15 is 0 Å². The highest BCUT2D eigenvalue weighted by Crippen LogP contribution is 2.34. The third-order valence-electron chi connectivity index (χ3n) is 5.07. The van der Waals surface area contributed by atoms with E-state index in [2.05, 4.69) is 18.7 Å². The number of anilines is 1. The number of hydrogen-bond acceptors (Lipinski definition) is 6. The summed E-state index contributed by atoms with van der Waals surface area (Å²) in [7, 11) is 1.64. The van der Waals surface area contributed by atoms with Gasteiger partial charge in [0.15, 0.2) is 5.13 Å². The molecule has 0 saturated heterocycles. The normalized spacial score (nSPS) is 11.0. The molecule has 0 aliphatic heterocycles. The maximum Gasteiger partial charge on any atom is 0.260 e. The van der Waals surface area contributed by atoms with Crippen LogP contribution in [0, 0.1) is 0 Å². The summed E-state index contributed by atoms with van der Waals surface area (Å²) in [4.78, 5) is 22.4. The number of nitrogens with zero attached hydrogens (tertiary/aromatic N) is 3. The van der Waals surface area contributed by atoms with E-state index in [0.717, 1.165) is 35.6 Å². The molecule has 2 aromatic carbocycles. The number of thiazole rings is 1. The second kappa shape index (κ2) is 12.0. The van der Waals surface area contributed by atoms with Gasteiger partial charge < -0.3 is 14.4 Å². The Bertz CT molecular complexity index is 1000. The van der Waals surface area contributed by atoms with Crippen molar-refractivity contribution in [1.29, 1.82) is 0 Å². The van der Waals surface area contributed by atoms with Gasteiger partial charge in [-0.05, 0) is 63.3 Å². The van der Waals surface area contributed by atoms with Gasteiger partial charge in [0, 0.05) is 18.7 Å². The van der Waals surface area contributed by atoms with Crippen molar-refractivity contribution in [3.63, 3.8) is 0 Å². The standard InChI is InChI=1S/C24H31N3O3S.ClH/c1-6-26(7-2)15-16-27(23(28)18-11-13-19(14-12-18)30-17(3)4)24-25-22-20(29-5)9-8-10-21(22)31-24;/h8-14,17H,6-7,15-16H2,1-5H3;1H. The van der Waals surface area contributed by atoms with Crippen molar-refractivity contribution in [1.82, 2.24) is 9.88 Å². The van der Waals surface area contributed by atoms with Gasteiger partial charge in [0.2, 0.25) is 0 Å². The fourth-order valence-corrected chi connectivity index (χ4v) is 4.37. The van der Waals surface area contributed by atoms with Gasteiger partial charge >= 0.3 is 0 Å². The van der Waals surface area contributed by atoms with Crippen LogP contribution in [0.5, 0.6) is 11.5 Å². The fourth-order valence-electron chi connectivity index (χ4n) is 3.36. The van der Waals surface area contributed by atoms with Crippen molar-refractivity contribution in [3.8, 4) is 11.5 Å². The predicted octanol–water partition coefficient (Wildman–Crippen LogP) is 5.50. The van der Waals surface area contributed by atoms with Crippen molar-refractivity contribution in [2.75, 3.05) is 38.2 Å². The molecule has 0 radical (unpaired) electrons. The highest BCUT2D eigenvalue weighted by atomic mass is 35.5. The minimum absolute atomic E-state index is 0. The summed E-state index contributed by atoms with van der Waals surface area (Å²) in [6.07, 6.45) is 0.0878. The topological polar surface area (TPSA) is 54.9 Å². The molecule has 0 saturated carbocycles. The van der Waals surface area contributed by atoms with Crippen LogP contribution >= 0.6 is 23.7 Å². The second-order valence-electron chi connectivity index (χ2n) is 7.48. The highest BCUT2D eigenvalue weighted by molar-refractivity contribution is 7.22. The molecule has 32 heavy (non-hydrogen) atoms. The van der Waals surface area contributed by atoms with E-state index in [0.29, 0.717) is 23.0 Å². The average Bonchev–Trinajstić information content (AvgIpc) is 3.20. The monoisotopic (exact) mass is 477 g/mol. The van der Waals surface area contributed by atoms with Gasteiger partial charge in [-0.3, -0.25) is 9.69 Å². The number of carbonyl (C=O) groups excluding carboxylic acids is 1. The number of para-hydroxylation sites is 1. The molecule has 0 aliphatic carbocycles. The molecule has 1 aromatic heterocycles. The Labute approximate surface area is 200 Å². The summed E-state index contributed by atoms with van der Waals surface area (Å²) in [5, 5.41) is 0.680. The largest absolute Gasteiger partial charge is 0.494 e. The van der Waals surface area contributed by atoms with Gasteiger partial charge in [-0.2, -0.15) is 0 Å². The van der Waals surface area contributed by atoms with E-state index in [1.54, 1.807) is 12.0 Å². The Hall–Kier alpha value is -2.35. The first-order valence-corrected chi connectivity index (χ1v) is 11.5. The van der Waals surface area contributed by atoms with E-state index in [9.17, 15) is 4.79 Å². The van der Waals surface area contributed by atoms with Crippen molar-refractivity contribution < 1.29 is 14.3 Å². The molecule has 8 heteroatoms. The molecule has 1 heterocycles. The molecular formula is C24H32ClN3O3S. The first kappa shape index (κ1) is 25.9. The first-order chi connectivity index (χ1) is 15.0. The summed E-state index contributed by atoms with van der Waals surface area (Å²) >= 11 is 1.51. The van der Waals surface area contributed by atoms with Crippen LogP contribution in [0.2, 0.25) is 0 Å². The lowest BCUT2D eigenvalue weighted by molar-refractivity contribution is 0.0983. The molecular weight excluding hydrogens is 446 g/mol. The molecule has 0 spiro atoms. The van der Waals surface area contributed by atoms with Crippen molar-refractivity contribution in [2.45, 2.75) is 33.8 Å². The molecule has 0 aliphatic rings. The summed E-state index contributed by atoms with van der Waals surface area (Å²) in [5.74, 6) is 1.40. The molecule has 0 atom stereocenters. The van der Waals surface area contributed by atoms with Crippen molar-refractivity contribution in [2.24, 2.45) is 0 Å². The zero-order valence-electron chi connectivity index (χ0n) is 19.3. The maximum absolute atomic E-state index is 13.5. The zero-order valence-corrected chi connectivity index (χ0v) is 21.0. The van der Waals surface area contributed by atoms with Crippen LogP contribution < -0.4 is 14.4 Å². The minimum atomic E-state index is -0.0683. The molecule has 3 rings (SSSR count). The molecule has 0 unspecified atom stereocenters. The first-order valence-electron chi connectivity index (χ1n) is 10.7. The van der Waals surface area contributed by atoms with Crippen LogP contribution in [0.25, 0.3) is 10.2 Å². The lowest BCUT2D eigenvalue weighted by atomic mass is 10.2. The summed E-state index contributed by atoms with van der Waals surface area (Å²) < 4.78 is 12.2. The zero-order chi connectivity index (χ0) is 22.4. The average molecular weight is 478 g/mol. The van der Waals surface area contributed by atoms with Crippen LogP contribution in [0.3, 0.4) is 0 Å². The van der Waals surface area contributed by atoms with Crippen LogP contribution in [-0.2, 0) is 0 Å². The van der Waals surface area contributed by atoms with Gasteiger partial charge in [-0.1, -0.05) is 31.3 Å². The van der Waals surface area contributed by atoms with Crippen LogP contribution in [-0.4, -0.2) is 55.2 Å². The number of aromatic nitrogens is 1. The van der Waals surface area contributed by atoms with Gasteiger partial charge in [0.05, 0.1) is 17.9 Å². The van der Waals surface area contributed by atoms with Crippen LogP contribution in [0.4, 0.5) is 5.13 Å². The Morgan fingerprint density at radius 3 is 2.34 bits per heavy atom. The maximum atomic E-state index is 13.5. The summed E-state index contributed by atoms with van der Waals surface area (Å²) in [6.45, 7) is 11.4. The van der Waals surface area contributed by atoms with Crippen LogP contribution in [0.1, 0.15) is 38.1 Å². The van der Waals surface area contributed by atoms with E-state index in [4.69, 9.17) is 14.5 Å². The van der Waals surface area contributed by atoms with Crippen LogP contribution in [0.15, 0.2) is 42.5 Å². The highest BCUT2D eigenvalue weighted by Gasteiger charge is 2.23. The van der Waals surface area contributed by atoms with Crippen molar-refractivity contribution >= 4 is 45.0 Å². The number of rotatable bonds is 10. The number of fused-ring (bicyclic) bond motifs is 1. The van der Waals surface area contributed by atoms with E-state index in [1.807, 2.05) is 56.3 Å². The molecule has 174 valence electrons. The van der Waals surface area contributed by atoms with Gasteiger partial charge in [0.1, 0.15) is 17.0 Å². The Morgan fingerprint density at radius 1 is 1.06 bits per heavy atom. The minimum Gasteiger partial charge on any atom is -0.494 e. The predicted molar refractivity (Wildman–Crippen MR) is 135 cm³/mol. The number of likely N-dealkylation sites (N-methyl/N-ethyl adjacent to an activating group) is 1. The SMILES string of the molecule is CCN(CC)CCN(C(=O)c1ccc(OC(C)C)cc1)c1nc2c(OC)cccc2s1.Cl. The number of methoxy groups -OCH3 is 1. The third kappa shape index (κ3) is 6.12. The third-order valence-corrected chi connectivity index (χ3v) is 6.12. The Morgan fingerprint density at radius 2 is 1.75 bits per heavy atom. The number of amides is 1. The van der Waals surface area contributed by atoms with E-state index in [1.165, 1.54) is 11.3 Å². The van der Waals surface area contributed by atoms with E-state index in [-0.39, 0.29) is 24.4 Å². The molecule has 0 fully saturated rings. The number of benzene rings is 2. The number of halogens is 1. The molecule has 1 amide bonds. The number of ether oxygens (including phenoxy) is 2. The van der Waals surface area contributed by atoms with Gasteiger partial charge in [0.25, 0.3) is 5.91 Å². The molecule has 3 aromatic rings. The smallest absolute Gasteiger partial charge is 0.260 e. The molecule has 0 bridgehead atoms. The summed E-state index contributed by atoms with van der Waals surface area (Å²) in [5.41, 5.74) is 1.40. The Balaban J connectivity index is 0.00000363. The summed E-state index contributed by atoms with van der Waals surface area (Å²) in [6, 6.07) is 13.2. The van der Waals surface area contributed by atoms with Crippen molar-refractivity contribution in [3.05, 3.63) is 48.0 Å². The fraction of sp³-hybridized carbons (Fsp3) is 0.417. The number of hydrogen-bond donors (Lipinski definition) is 0. The molecule has 6 nitrogen and oxygen atoms in total. The molecule has 0 N–H and O–H groups in total. The quantitative estimate of drug-likeness (QED) is 0.385.